The van der Waals surface area contributed by atoms with Gasteiger partial charge >= 0.3 is 5.69 Å². The fourth-order valence-electron chi connectivity index (χ4n) is 2.09. The monoisotopic (exact) mass is 361 g/mol. The van der Waals surface area contributed by atoms with Crippen molar-refractivity contribution in [1.29, 1.82) is 0 Å². The van der Waals surface area contributed by atoms with Gasteiger partial charge in [0.25, 0.3) is 5.56 Å². The number of aromatic amines is 1. The van der Waals surface area contributed by atoms with E-state index in [2.05, 4.69) is 20.5 Å². The second-order valence-corrected chi connectivity index (χ2v) is 5.62. The predicted molar refractivity (Wildman–Crippen MR) is 96.1 cm³/mol. The minimum Gasteiger partial charge on any atom is -0.500 e. The summed E-state index contributed by atoms with van der Waals surface area (Å²) in [5, 5.41) is 24.8. The first-order chi connectivity index (χ1) is 12.3. The van der Waals surface area contributed by atoms with Gasteiger partial charge in [0.1, 0.15) is 0 Å². The number of rotatable bonds is 7. The van der Waals surface area contributed by atoms with E-state index in [-0.39, 0.29) is 29.8 Å². The highest BCUT2D eigenvalue weighted by Gasteiger charge is 2.19. The molecule has 0 aliphatic carbocycles. The molecule has 10 heteroatoms. The Balaban J connectivity index is 2.28. The van der Waals surface area contributed by atoms with Gasteiger partial charge in [-0.15, -0.1) is 0 Å². The van der Waals surface area contributed by atoms with Crippen LogP contribution in [0.4, 0.5) is 11.6 Å². The minimum absolute atomic E-state index is 0.0171. The van der Waals surface area contributed by atoms with Crippen molar-refractivity contribution in [2.45, 2.75) is 26.7 Å². The van der Waals surface area contributed by atoms with Crippen LogP contribution < -0.4 is 15.7 Å². The zero-order valence-corrected chi connectivity index (χ0v) is 14.5. The highest BCUT2D eigenvalue weighted by atomic mass is 16.6. The number of phenolic OH excluding ortho intramolecular Hbond substituents is 1. The Bertz CT molecular complexity index is 891. The van der Waals surface area contributed by atoms with Crippen molar-refractivity contribution in [2.75, 3.05) is 12.0 Å². The molecule has 0 unspecified atom stereocenters. The summed E-state index contributed by atoms with van der Waals surface area (Å²) in [5.74, 6) is -0.347. The van der Waals surface area contributed by atoms with Crippen LogP contribution in [0.3, 0.4) is 0 Å². The Morgan fingerprint density at radius 3 is 2.81 bits per heavy atom. The van der Waals surface area contributed by atoms with E-state index >= 15 is 0 Å². The van der Waals surface area contributed by atoms with E-state index in [1.54, 1.807) is 6.92 Å². The Hall–Kier alpha value is -3.43. The van der Waals surface area contributed by atoms with Gasteiger partial charge in [0.05, 0.1) is 23.4 Å². The number of aromatic hydroxyl groups is 1. The van der Waals surface area contributed by atoms with E-state index in [1.165, 1.54) is 18.3 Å². The van der Waals surface area contributed by atoms with Crippen LogP contribution in [0.5, 0.6) is 11.5 Å². The highest BCUT2D eigenvalue weighted by Crippen LogP contribution is 2.36. The molecule has 2 aromatic rings. The van der Waals surface area contributed by atoms with Crippen LogP contribution in [0.2, 0.25) is 0 Å². The summed E-state index contributed by atoms with van der Waals surface area (Å²) < 4.78 is 5.19. The first-order valence-corrected chi connectivity index (χ1v) is 7.86. The molecule has 0 saturated carbocycles. The maximum Gasteiger partial charge on any atom is 0.315 e. The number of hydrogen-bond donors (Lipinski definition) is 3. The minimum atomic E-state index is -0.715. The second-order valence-electron chi connectivity index (χ2n) is 5.62. The largest absolute Gasteiger partial charge is 0.500 e. The molecule has 0 fully saturated rings. The third kappa shape index (κ3) is 4.56. The maximum atomic E-state index is 11.6. The molecule has 0 aliphatic heterocycles. The lowest BCUT2D eigenvalue weighted by Gasteiger charge is -2.07. The molecule has 1 aromatic heterocycles. The third-order valence-corrected chi connectivity index (χ3v) is 3.31. The quantitative estimate of drug-likeness (QED) is 0.390. The molecule has 0 aliphatic rings. The molecule has 2 rings (SSSR count). The topological polar surface area (TPSA) is 143 Å². The smallest absolute Gasteiger partial charge is 0.315 e. The van der Waals surface area contributed by atoms with Crippen LogP contribution in [0.15, 0.2) is 28.1 Å². The van der Waals surface area contributed by atoms with Crippen LogP contribution in [0.1, 0.15) is 37.9 Å². The fraction of sp³-hybridized carbons (Fsp3) is 0.312. The molecular formula is C16H19N5O5. The molecule has 0 saturated heterocycles. The Kier molecular flexibility index (Phi) is 5.89. The van der Waals surface area contributed by atoms with E-state index in [1.807, 2.05) is 13.8 Å². The van der Waals surface area contributed by atoms with Gasteiger partial charge in [-0.25, -0.2) is 10.4 Å². The van der Waals surface area contributed by atoms with Crippen molar-refractivity contribution >= 4 is 17.9 Å². The molecule has 0 radical (unpaired) electrons. The van der Waals surface area contributed by atoms with Gasteiger partial charge < -0.3 is 9.84 Å². The lowest BCUT2D eigenvalue weighted by Crippen LogP contribution is -2.12. The third-order valence-electron chi connectivity index (χ3n) is 3.31. The number of aromatic nitrogens is 2. The molecule has 3 N–H and O–H groups in total. The van der Waals surface area contributed by atoms with Crippen molar-refractivity contribution in [1.82, 2.24) is 9.97 Å². The molecular weight excluding hydrogens is 342 g/mol. The molecule has 0 spiro atoms. The average Bonchev–Trinajstić information content (AvgIpc) is 2.57. The summed E-state index contributed by atoms with van der Waals surface area (Å²) in [5.41, 5.74) is 2.69. The Labute approximate surface area is 148 Å². The number of nitro groups is 1. The van der Waals surface area contributed by atoms with Gasteiger partial charge in [-0.3, -0.25) is 19.9 Å². The van der Waals surface area contributed by atoms with Crippen molar-refractivity contribution in [3.05, 3.63) is 49.9 Å². The molecule has 26 heavy (non-hydrogen) atoms. The van der Waals surface area contributed by atoms with Crippen molar-refractivity contribution in [3.63, 3.8) is 0 Å². The van der Waals surface area contributed by atoms with E-state index in [4.69, 9.17) is 4.74 Å². The average molecular weight is 361 g/mol. The summed E-state index contributed by atoms with van der Waals surface area (Å²) in [6.07, 6.45) is 1.29. The summed E-state index contributed by atoms with van der Waals surface area (Å²) in [4.78, 5) is 28.7. The second kappa shape index (κ2) is 8.10. The van der Waals surface area contributed by atoms with Crippen molar-refractivity contribution in [3.8, 4) is 11.5 Å². The summed E-state index contributed by atoms with van der Waals surface area (Å²) in [6.45, 7) is 5.73. The number of hydrazone groups is 1. The zero-order chi connectivity index (χ0) is 19.3. The number of nitro benzene ring substituents is 1. The first kappa shape index (κ1) is 18.9. The molecule has 0 amide bonds. The van der Waals surface area contributed by atoms with Crippen LogP contribution in [-0.2, 0) is 0 Å². The lowest BCUT2D eigenvalue weighted by atomic mass is 10.1. The first-order valence-electron chi connectivity index (χ1n) is 7.86. The van der Waals surface area contributed by atoms with Gasteiger partial charge in [-0.05, 0) is 18.9 Å². The number of nitrogens with one attached hydrogen (secondary N) is 2. The zero-order valence-electron chi connectivity index (χ0n) is 14.5. The van der Waals surface area contributed by atoms with Gasteiger partial charge in [0.15, 0.2) is 5.75 Å². The number of anilines is 1. The lowest BCUT2D eigenvalue weighted by molar-refractivity contribution is -0.386. The normalized spacial score (nSPS) is 11.1. The van der Waals surface area contributed by atoms with Gasteiger partial charge in [-0.2, -0.15) is 5.10 Å². The number of hydrogen-bond acceptors (Lipinski definition) is 8. The molecule has 1 heterocycles. The van der Waals surface area contributed by atoms with Crippen molar-refractivity contribution < 1.29 is 14.8 Å². The van der Waals surface area contributed by atoms with Crippen LogP contribution >= 0.6 is 0 Å². The van der Waals surface area contributed by atoms with Crippen LogP contribution in [0, 0.1) is 10.1 Å². The van der Waals surface area contributed by atoms with E-state index in [9.17, 15) is 20.0 Å². The summed E-state index contributed by atoms with van der Waals surface area (Å²) in [7, 11) is 0. The molecule has 0 atom stereocenters. The molecule has 10 nitrogen and oxygen atoms in total. The van der Waals surface area contributed by atoms with Gasteiger partial charge in [-0.1, -0.05) is 13.8 Å². The number of phenols is 1. The van der Waals surface area contributed by atoms with Crippen LogP contribution in [0.25, 0.3) is 0 Å². The molecule has 1 aromatic carbocycles. The molecule has 0 bridgehead atoms. The Morgan fingerprint density at radius 2 is 2.19 bits per heavy atom. The predicted octanol–water partition coefficient (Wildman–Crippen LogP) is 2.35. The van der Waals surface area contributed by atoms with Gasteiger partial charge in [0.2, 0.25) is 11.7 Å². The van der Waals surface area contributed by atoms with Gasteiger partial charge in [0, 0.05) is 17.7 Å². The van der Waals surface area contributed by atoms with E-state index < -0.39 is 16.4 Å². The van der Waals surface area contributed by atoms with Crippen LogP contribution in [-0.4, -0.2) is 32.8 Å². The number of benzene rings is 1. The van der Waals surface area contributed by atoms with Crippen molar-refractivity contribution in [2.24, 2.45) is 5.10 Å². The molecule has 138 valence electrons. The standard InChI is InChI=1S/C16H19N5O5/c1-4-26-13-6-10(5-12(15(13)23)21(24)25)8-17-20-16-18-11(9(2)3)7-14(22)19-16/h5-9,23H,4H2,1-3H3,(H2,18,19,20,22)/b17-8-. The summed E-state index contributed by atoms with van der Waals surface area (Å²) >= 11 is 0. The summed E-state index contributed by atoms with van der Waals surface area (Å²) in [6, 6.07) is 3.97. The van der Waals surface area contributed by atoms with E-state index in [0.29, 0.717) is 11.3 Å². The fourth-order valence-corrected chi connectivity index (χ4v) is 2.09. The Morgan fingerprint density at radius 1 is 1.46 bits per heavy atom. The SMILES string of the molecule is CCOc1cc(/C=N\Nc2nc(C(C)C)cc(=O)[nH]2)cc([N+](=O)[O-])c1O. The number of ether oxygens (including phenoxy) is 1. The highest BCUT2D eigenvalue weighted by molar-refractivity contribution is 5.83. The number of nitrogens with zero attached hydrogens (tertiary/aromatic N) is 3. The van der Waals surface area contributed by atoms with E-state index in [0.717, 1.165) is 6.07 Å². The maximum absolute atomic E-state index is 11.6. The number of H-pyrrole nitrogens is 1.